The highest BCUT2D eigenvalue weighted by Crippen LogP contribution is 2.29. The highest BCUT2D eigenvalue weighted by atomic mass is 19.4. The molecule has 0 saturated carbocycles. The largest absolute Gasteiger partial charge is 0.573 e. The number of amides is 1. The first-order valence-electron chi connectivity index (χ1n) is 7.65. The average molecular weight is 377 g/mol. The van der Waals surface area contributed by atoms with Gasteiger partial charge in [0.15, 0.2) is 0 Å². The van der Waals surface area contributed by atoms with Gasteiger partial charge >= 0.3 is 6.36 Å². The third-order valence-corrected chi connectivity index (χ3v) is 3.62. The van der Waals surface area contributed by atoms with Gasteiger partial charge in [-0.1, -0.05) is 12.1 Å². The molecule has 3 N–H and O–H groups in total. The Kier molecular flexibility index (Phi) is 4.72. The second-order valence-electron chi connectivity index (χ2n) is 5.50. The van der Waals surface area contributed by atoms with Gasteiger partial charge in [0.2, 0.25) is 0 Å². The summed E-state index contributed by atoms with van der Waals surface area (Å²) in [5.41, 5.74) is 7.33. The van der Waals surface area contributed by atoms with Crippen LogP contribution >= 0.6 is 0 Å². The molecule has 10 heteroatoms. The van der Waals surface area contributed by atoms with Crippen LogP contribution in [-0.4, -0.2) is 27.0 Å². The molecule has 1 amide bonds. The number of nitrogens with zero attached hydrogens (tertiary/aromatic N) is 3. The Balaban J connectivity index is 1.77. The van der Waals surface area contributed by atoms with E-state index in [9.17, 15) is 18.0 Å². The Morgan fingerprint density at radius 3 is 2.41 bits per heavy atom. The average Bonchev–Trinajstić information content (AvgIpc) is 3.01. The van der Waals surface area contributed by atoms with Crippen LogP contribution in [0.2, 0.25) is 0 Å². The zero-order valence-electron chi connectivity index (χ0n) is 14.0. The second kappa shape index (κ2) is 6.98. The number of hydrogen-bond acceptors (Lipinski definition) is 5. The SMILES string of the molecule is Cn1nccc1C(=O)Nc1ccc(-c2ccc(OC(F)(F)F)cc2)c(N)n1. The topological polar surface area (TPSA) is 95.1 Å². The lowest BCUT2D eigenvalue weighted by Crippen LogP contribution is -2.17. The van der Waals surface area contributed by atoms with Gasteiger partial charge in [-0.05, 0) is 35.9 Å². The van der Waals surface area contributed by atoms with E-state index in [1.807, 2.05) is 0 Å². The molecule has 2 aromatic heterocycles. The van der Waals surface area contributed by atoms with E-state index in [0.717, 1.165) is 0 Å². The maximum absolute atomic E-state index is 12.2. The van der Waals surface area contributed by atoms with Crippen molar-refractivity contribution in [1.82, 2.24) is 14.8 Å². The molecular weight excluding hydrogens is 363 g/mol. The predicted molar refractivity (Wildman–Crippen MR) is 91.9 cm³/mol. The van der Waals surface area contributed by atoms with E-state index in [4.69, 9.17) is 5.73 Å². The summed E-state index contributed by atoms with van der Waals surface area (Å²) >= 11 is 0. The predicted octanol–water partition coefficient (Wildman–Crippen LogP) is 3.22. The Hall–Kier alpha value is -3.56. The summed E-state index contributed by atoms with van der Waals surface area (Å²) in [5.74, 6) is -0.386. The first-order chi connectivity index (χ1) is 12.7. The molecule has 0 fully saturated rings. The molecule has 0 unspecified atom stereocenters. The van der Waals surface area contributed by atoms with Crippen LogP contribution in [0.1, 0.15) is 10.5 Å². The standard InChI is InChI=1S/C17H14F3N5O2/c1-25-13(8-9-22-25)16(26)24-14-7-6-12(15(21)23-14)10-2-4-11(5-3-10)27-17(18,19)20/h2-9H,1H3,(H3,21,23,24,26). The number of carbonyl (C=O) groups is 1. The maximum atomic E-state index is 12.2. The van der Waals surface area contributed by atoms with Gasteiger partial charge < -0.3 is 15.8 Å². The molecule has 0 bridgehead atoms. The Labute approximate surface area is 151 Å². The molecule has 0 aliphatic carbocycles. The molecule has 3 aromatic rings. The van der Waals surface area contributed by atoms with Gasteiger partial charge in [-0.2, -0.15) is 5.10 Å². The molecule has 0 atom stereocenters. The number of aromatic nitrogens is 3. The summed E-state index contributed by atoms with van der Waals surface area (Å²) in [6.07, 6.45) is -3.26. The van der Waals surface area contributed by atoms with Crippen LogP contribution in [0.4, 0.5) is 24.8 Å². The van der Waals surface area contributed by atoms with Crippen molar-refractivity contribution in [3.63, 3.8) is 0 Å². The molecule has 0 saturated heterocycles. The molecule has 0 aliphatic heterocycles. The lowest BCUT2D eigenvalue weighted by molar-refractivity contribution is -0.274. The van der Waals surface area contributed by atoms with Crippen LogP contribution in [0, 0.1) is 0 Å². The van der Waals surface area contributed by atoms with Crippen molar-refractivity contribution >= 4 is 17.5 Å². The first-order valence-corrected chi connectivity index (χ1v) is 7.65. The molecular formula is C17H14F3N5O2. The number of pyridine rings is 1. The zero-order valence-corrected chi connectivity index (χ0v) is 14.0. The number of hydrogen-bond donors (Lipinski definition) is 2. The van der Waals surface area contributed by atoms with Crippen molar-refractivity contribution in [3.8, 4) is 16.9 Å². The number of alkyl halides is 3. The van der Waals surface area contributed by atoms with Crippen molar-refractivity contribution in [2.24, 2.45) is 7.05 Å². The fraction of sp³-hybridized carbons (Fsp3) is 0.118. The molecule has 3 rings (SSSR count). The van der Waals surface area contributed by atoms with Crippen LogP contribution in [-0.2, 0) is 7.05 Å². The van der Waals surface area contributed by atoms with Crippen LogP contribution < -0.4 is 15.8 Å². The number of nitrogens with two attached hydrogens (primary N) is 1. The normalized spacial score (nSPS) is 11.3. The first kappa shape index (κ1) is 18.2. The van der Waals surface area contributed by atoms with Crippen molar-refractivity contribution in [1.29, 1.82) is 0 Å². The monoisotopic (exact) mass is 377 g/mol. The summed E-state index contributed by atoms with van der Waals surface area (Å²) < 4.78 is 41.9. The van der Waals surface area contributed by atoms with Gasteiger partial charge in [0.05, 0.1) is 0 Å². The van der Waals surface area contributed by atoms with E-state index in [2.05, 4.69) is 20.1 Å². The lowest BCUT2D eigenvalue weighted by atomic mass is 10.1. The summed E-state index contributed by atoms with van der Waals surface area (Å²) in [7, 11) is 1.63. The third kappa shape index (κ3) is 4.35. The van der Waals surface area contributed by atoms with Crippen molar-refractivity contribution < 1.29 is 22.7 Å². The Morgan fingerprint density at radius 1 is 1.15 bits per heavy atom. The minimum Gasteiger partial charge on any atom is -0.406 e. The van der Waals surface area contributed by atoms with E-state index in [1.165, 1.54) is 35.1 Å². The van der Waals surface area contributed by atoms with Crippen LogP contribution in [0.25, 0.3) is 11.1 Å². The number of anilines is 2. The molecule has 0 radical (unpaired) electrons. The maximum Gasteiger partial charge on any atom is 0.573 e. The fourth-order valence-electron chi connectivity index (χ4n) is 2.40. The summed E-state index contributed by atoms with van der Waals surface area (Å²) in [6, 6.07) is 9.93. The number of benzene rings is 1. The smallest absolute Gasteiger partial charge is 0.406 e. The molecule has 27 heavy (non-hydrogen) atoms. The van der Waals surface area contributed by atoms with Crippen molar-refractivity contribution in [3.05, 3.63) is 54.4 Å². The number of rotatable bonds is 4. The number of halogens is 3. The molecule has 140 valence electrons. The molecule has 2 heterocycles. The summed E-state index contributed by atoms with van der Waals surface area (Å²) in [5, 5.41) is 6.51. The zero-order chi connectivity index (χ0) is 19.6. The number of ether oxygens (including phenoxy) is 1. The second-order valence-corrected chi connectivity index (χ2v) is 5.50. The minimum absolute atomic E-state index is 0.113. The van der Waals surface area contributed by atoms with Gasteiger partial charge in [-0.15, -0.1) is 13.2 Å². The van der Waals surface area contributed by atoms with Gasteiger partial charge in [-0.25, -0.2) is 4.98 Å². The summed E-state index contributed by atoms with van der Waals surface area (Å²) in [6.45, 7) is 0. The quantitative estimate of drug-likeness (QED) is 0.728. The van der Waals surface area contributed by atoms with E-state index < -0.39 is 12.3 Å². The van der Waals surface area contributed by atoms with E-state index in [0.29, 0.717) is 16.8 Å². The number of nitrogen functional groups attached to an aromatic ring is 1. The van der Waals surface area contributed by atoms with E-state index in [1.54, 1.807) is 25.2 Å². The minimum atomic E-state index is -4.75. The molecule has 0 aliphatic rings. The van der Waals surface area contributed by atoms with Crippen LogP contribution in [0.5, 0.6) is 5.75 Å². The van der Waals surface area contributed by atoms with Crippen molar-refractivity contribution in [2.45, 2.75) is 6.36 Å². The highest BCUT2D eigenvalue weighted by molar-refractivity contribution is 6.02. The highest BCUT2D eigenvalue weighted by Gasteiger charge is 2.31. The Bertz CT molecular complexity index is 967. The van der Waals surface area contributed by atoms with Gasteiger partial charge in [0, 0.05) is 18.8 Å². The van der Waals surface area contributed by atoms with E-state index >= 15 is 0 Å². The van der Waals surface area contributed by atoms with Crippen molar-refractivity contribution in [2.75, 3.05) is 11.1 Å². The Morgan fingerprint density at radius 2 is 1.85 bits per heavy atom. The van der Waals surface area contributed by atoms with Gasteiger partial charge in [0.1, 0.15) is 23.1 Å². The third-order valence-electron chi connectivity index (χ3n) is 3.62. The van der Waals surface area contributed by atoms with Gasteiger partial charge in [-0.3, -0.25) is 9.48 Å². The molecule has 1 aromatic carbocycles. The molecule has 7 nitrogen and oxygen atoms in total. The lowest BCUT2D eigenvalue weighted by Gasteiger charge is -2.11. The van der Waals surface area contributed by atoms with Crippen LogP contribution in [0.15, 0.2) is 48.7 Å². The fourth-order valence-corrected chi connectivity index (χ4v) is 2.40. The van der Waals surface area contributed by atoms with E-state index in [-0.39, 0.29) is 17.4 Å². The molecule has 0 spiro atoms. The number of nitrogens with one attached hydrogen (secondary N) is 1. The van der Waals surface area contributed by atoms with Crippen LogP contribution in [0.3, 0.4) is 0 Å². The summed E-state index contributed by atoms with van der Waals surface area (Å²) in [4.78, 5) is 16.3. The number of carbonyl (C=O) groups excluding carboxylic acids is 1. The van der Waals surface area contributed by atoms with Gasteiger partial charge in [0.25, 0.3) is 5.91 Å². The number of aryl methyl sites for hydroxylation is 1.